The van der Waals surface area contributed by atoms with Crippen molar-refractivity contribution in [2.24, 2.45) is 0 Å². The molecular weight excluding hydrogens is 268 g/mol. The van der Waals surface area contributed by atoms with Crippen LogP contribution in [0.4, 0.5) is 5.69 Å². The van der Waals surface area contributed by atoms with Gasteiger partial charge in [-0.05, 0) is 24.3 Å². The second-order valence-electron chi connectivity index (χ2n) is 5.34. The number of fused-ring (bicyclic) bond motifs is 1. The summed E-state index contributed by atoms with van der Waals surface area (Å²) in [7, 11) is 0. The van der Waals surface area contributed by atoms with E-state index >= 15 is 0 Å². The second-order valence-corrected chi connectivity index (χ2v) is 5.34. The smallest absolute Gasteiger partial charge is 0.153 e. The van der Waals surface area contributed by atoms with E-state index in [0.29, 0.717) is 43.3 Å². The molecule has 1 saturated heterocycles. The van der Waals surface area contributed by atoms with Gasteiger partial charge >= 0.3 is 0 Å². The summed E-state index contributed by atoms with van der Waals surface area (Å²) in [4.78, 5) is 13.5. The van der Waals surface area contributed by atoms with Crippen LogP contribution in [0.15, 0.2) is 18.2 Å². The van der Waals surface area contributed by atoms with Crippen molar-refractivity contribution in [3.63, 3.8) is 0 Å². The van der Waals surface area contributed by atoms with Gasteiger partial charge in [0.15, 0.2) is 5.75 Å². The minimum absolute atomic E-state index is 0.363. The zero-order chi connectivity index (χ0) is 14.7. The third kappa shape index (κ3) is 3.19. The zero-order valence-electron chi connectivity index (χ0n) is 12.0. The number of Topliss-reactive ketones (excluding diaryl/α,β-unsaturated/α-hetero) is 1. The van der Waals surface area contributed by atoms with Gasteiger partial charge in [-0.25, -0.2) is 0 Å². The van der Waals surface area contributed by atoms with Gasteiger partial charge in [0, 0.05) is 32.5 Å². The first-order valence-corrected chi connectivity index (χ1v) is 7.33. The molecule has 0 amide bonds. The molecule has 1 fully saturated rings. The first-order valence-electron chi connectivity index (χ1n) is 7.33. The number of anilines is 1. The summed E-state index contributed by atoms with van der Waals surface area (Å²) in [6.45, 7) is 3.65. The third-order valence-electron chi connectivity index (χ3n) is 3.87. The van der Waals surface area contributed by atoms with E-state index in [-0.39, 0.29) is 0 Å². The van der Waals surface area contributed by atoms with Gasteiger partial charge in [0.05, 0.1) is 11.3 Å². The number of hydrogen-bond donors (Lipinski definition) is 1. The molecule has 5 heteroatoms. The maximum atomic E-state index is 11.2. The second kappa shape index (κ2) is 6.18. The molecule has 3 rings (SSSR count). The molecule has 2 N–H and O–H groups in total. The Kier molecular flexibility index (Phi) is 4.10. The Bertz CT molecular complexity index is 559. The lowest BCUT2D eigenvalue weighted by molar-refractivity contribution is -0.121. The first kappa shape index (κ1) is 13.9. The number of nitrogen functional groups attached to an aromatic ring is 1. The summed E-state index contributed by atoms with van der Waals surface area (Å²) < 4.78 is 11.4. The van der Waals surface area contributed by atoms with Crippen LogP contribution in [0, 0.1) is 0 Å². The van der Waals surface area contributed by atoms with Crippen molar-refractivity contribution in [2.45, 2.75) is 12.8 Å². The molecule has 0 aromatic heterocycles. The number of carbonyl (C=O) groups excluding carboxylic acids is 1. The molecule has 21 heavy (non-hydrogen) atoms. The van der Waals surface area contributed by atoms with E-state index in [1.54, 1.807) is 0 Å². The first-order chi connectivity index (χ1) is 10.2. The van der Waals surface area contributed by atoms with Gasteiger partial charge in [-0.15, -0.1) is 0 Å². The van der Waals surface area contributed by atoms with Crippen LogP contribution < -0.4 is 15.2 Å². The van der Waals surface area contributed by atoms with Crippen molar-refractivity contribution < 1.29 is 14.3 Å². The predicted molar refractivity (Wildman–Crippen MR) is 81.6 cm³/mol. The Morgan fingerprint density at radius 2 is 2.10 bits per heavy atom. The van der Waals surface area contributed by atoms with E-state index in [1.165, 1.54) is 0 Å². The number of likely N-dealkylation sites (tertiary alicyclic amines) is 1. The molecule has 2 heterocycles. The SMILES string of the molecule is Nc1ccc(OCCN2CCC(=O)CC2)c2c1OCC=C2. The van der Waals surface area contributed by atoms with Crippen molar-refractivity contribution in [1.82, 2.24) is 4.90 Å². The highest BCUT2D eigenvalue weighted by Gasteiger charge is 2.17. The van der Waals surface area contributed by atoms with Gasteiger partial charge < -0.3 is 15.2 Å². The molecule has 1 aromatic rings. The van der Waals surface area contributed by atoms with Crippen molar-refractivity contribution in [3.8, 4) is 11.5 Å². The van der Waals surface area contributed by atoms with E-state index in [0.717, 1.165) is 30.9 Å². The molecule has 0 bridgehead atoms. The molecule has 0 atom stereocenters. The molecule has 0 spiro atoms. The highest BCUT2D eigenvalue weighted by atomic mass is 16.5. The number of ketones is 1. The van der Waals surface area contributed by atoms with E-state index < -0.39 is 0 Å². The van der Waals surface area contributed by atoms with Gasteiger partial charge in [-0.2, -0.15) is 0 Å². The van der Waals surface area contributed by atoms with Gasteiger partial charge in [-0.1, -0.05) is 0 Å². The standard InChI is InChI=1S/C16H20N2O3/c17-14-3-4-15(13-2-1-10-21-16(13)14)20-11-9-18-7-5-12(19)6-8-18/h1-4H,5-11,17H2. The van der Waals surface area contributed by atoms with Crippen LogP contribution in [0.2, 0.25) is 0 Å². The van der Waals surface area contributed by atoms with E-state index in [4.69, 9.17) is 15.2 Å². The zero-order valence-corrected chi connectivity index (χ0v) is 12.0. The summed E-state index contributed by atoms with van der Waals surface area (Å²) in [5.74, 6) is 1.86. The predicted octanol–water partition coefficient (Wildman–Crippen LogP) is 1.72. The van der Waals surface area contributed by atoms with Crippen molar-refractivity contribution in [3.05, 3.63) is 23.8 Å². The lowest BCUT2D eigenvalue weighted by atomic mass is 10.1. The number of carbonyl (C=O) groups is 1. The van der Waals surface area contributed by atoms with Crippen LogP contribution >= 0.6 is 0 Å². The van der Waals surface area contributed by atoms with Crippen LogP contribution in [-0.4, -0.2) is 43.5 Å². The highest BCUT2D eigenvalue weighted by molar-refractivity contribution is 5.79. The molecule has 1 aromatic carbocycles. The summed E-state index contributed by atoms with van der Waals surface area (Å²) in [5.41, 5.74) is 7.46. The van der Waals surface area contributed by atoms with Gasteiger partial charge in [0.1, 0.15) is 24.7 Å². The minimum Gasteiger partial charge on any atom is -0.491 e. The van der Waals surface area contributed by atoms with E-state index in [1.807, 2.05) is 24.3 Å². The molecule has 0 radical (unpaired) electrons. The molecule has 2 aliphatic rings. The Morgan fingerprint density at radius 1 is 1.29 bits per heavy atom. The van der Waals surface area contributed by atoms with Crippen molar-refractivity contribution in [2.75, 3.05) is 38.6 Å². The molecular formula is C16H20N2O3. The van der Waals surface area contributed by atoms with E-state index in [9.17, 15) is 4.79 Å². The topological polar surface area (TPSA) is 64.8 Å². The van der Waals surface area contributed by atoms with Gasteiger partial charge in [0.25, 0.3) is 0 Å². The molecule has 0 aliphatic carbocycles. The van der Waals surface area contributed by atoms with Crippen molar-refractivity contribution in [1.29, 1.82) is 0 Å². The van der Waals surface area contributed by atoms with Crippen LogP contribution in [-0.2, 0) is 4.79 Å². The van der Waals surface area contributed by atoms with Crippen molar-refractivity contribution >= 4 is 17.5 Å². The maximum absolute atomic E-state index is 11.2. The van der Waals surface area contributed by atoms with E-state index in [2.05, 4.69) is 4.90 Å². The number of benzene rings is 1. The van der Waals surface area contributed by atoms with Crippen LogP contribution in [0.1, 0.15) is 18.4 Å². The average Bonchev–Trinajstić information content (AvgIpc) is 2.52. The van der Waals surface area contributed by atoms with Gasteiger partial charge in [-0.3, -0.25) is 9.69 Å². The monoisotopic (exact) mass is 288 g/mol. The minimum atomic E-state index is 0.363. The Balaban J connectivity index is 1.59. The number of nitrogens with two attached hydrogens (primary N) is 1. The molecule has 0 saturated carbocycles. The van der Waals surface area contributed by atoms with Gasteiger partial charge in [0.2, 0.25) is 0 Å². The molecule has 5 nitrogen and oxygen atoms in total. The van der Waals surface area contributed by atoms with Crippen LogP contribution in [0.25, 0.3) is 6.08 Å². The number of rotatable bonds is 4. The lowest BCUT2D eigenvalue weighted by Gasteiger charge is -2.26. The van der Waals surface area contributed by atoms with Crippen LogP contribution in [0.5, 0.6) is 11.5 Å². The maximum Gasteiger partial charge on any atom is 0.153 e. The summed E-state index contributed by atoms with van der Waals surface area (Å²) >= 11 is 0. The summed E-state index contributed by atoms with van der Waals surface area (Å²) in [6, 6.07) is 3.69. The quantitative estimate of drug-likeness (QED) is 0.855. The fourth-order valence-corrected chi connectivity index (χ4v) is 2.65. The lowest BCUT2D eigenvalue weighted by Crippen LogP contribution is -2.36. The highest BCUT2D eigenvalue weighted by Crippen LogP contribution is 2.37. The fourth-order valence-electron chi connectivity index (χ4n) is 2.65. The Morgan fingerprint density at radius 3 is 2.90 bits per heavy atom. The number of hydrogen-bond acceptors (Lipinski definition) is 5. The molecule has 112 valence electrons. The summed E-state index contributed by atoms with van der Waals surface area (Å²) in [6.07, 6.45) is 5.26. The largest absolute Gasteiger partial charge is 0.491 e. The fraction of sp³-hybridized carbons (Fsp3) is 0.438. The summed E-state index contributed by atoms with van der Waals surface area (Å²) in [5, 5.41) is 0. The van der Waals surface area contributed by atoms with Crippen LogP contribution in [0.3, 0.4) is 0 Å². The normalized spacial score (nSPS) is 18.2. The Hall–Kier alpha value is -2.01. The Labute approximate surface area is 124 Å². The number of ether oxygens (including phenoxy) is 2. The number of nitrogens with zero attached hydrogens (tertiary/aromatic N) is 1. The number of piperidine rings is 1. The third-order valence-corrected chi connectivity index (χ3v) is 3.87. The molecule has 2 aliphatic heterocycles. The molecule has 0 unspecified atom stereocenters. The average molecular weight is 288 g/mol.